The van der Waals surface area contributed by atoms with Gasteiger partial charge in [0.15, 0.2) is 0 Å². The Labute approximate surface area is 126 Å². The lowest BCUT2D eigenvalue weighted by atomic mass is 10.1. The van der Waals surface area contributed by atoms with Crippen LogP contribution in [0.5, 0.6) is 0 Å². The second-order valence-corrected chi connectivity index (χ2v) is 5.05. The SMILES string of the molecule is COC(=O)CCCCNC(=O)N(C)Cc1ccccc1C. The Balaban J connectivity index is 2.26. The van der Waals surface area contributed by atoms with E-state index in [9.17, 15) is 9.59 Å². The summed E-state index contributed by atoms with van der Waals surface area (Å²) in [6.45, 7) is 3.18. The highest BCUT2D eigenvalue weighted by Gasteiger charge is 2.09. The number of aryl methyl sites for hydroxylation is 1. The number of hydrogen-bond acceptors (Lipinski definition) is 3. The summed E-state index contributed by atoms with van der Waals surface area (Å²) in [4.78, 5) is 24.5. The molecular weight excluding hydrogens is 268 g/mol. The van der Waals surface area contributed by atoms with Crippen LogP contribution in [0.15, 0.2) is 24.3 Å². The summed E-state index contributed by atoms with van der Waals surface area (Å²) < 4.78 is 4.56. The van der Waals surface area contributed by atoms with Gasteiger partial charge in [-0.1, -0.05) is 24.3 Å². The van der Waals surface area contributed by atoms with Crippen LogP contribution in [0.1, 0.15) is 30.4 Å². The fraction of sp³-hybridized carbons (Fsp3) is 0.500. The number of amides is 2. The first kappa shape index (κ1) is 17.0. The third-order valence-corrected chi connectivity index (χ3v) is 3.33. The number of unbranched alkanes of at least 4 members (excludes halogenated alkanes) is 1. The van der Waals surface area contributed by atoms with E-state index in [0.717, 1.165) is 12.0 Å². The maximum atomic E-state index is 11.9. The lowest BCUT2D eigenvalue weighted by Crippen LogP contribution is -2.37. The van der Waals surface area contributed by atoms with Crippen molar-refractivity contribution in [3.63, 3.8) is 0 Å². The van der Waals surface area contributed by atoms with Gasteiger partial charge in [-0.3, -0.25) is 4.79 Å². The summed E-state index contributed by atoms with van der Waals surface area (Å²) in [6.07, 6.45) is 1.87. The van der Waals surface area contributed by atoms with Crippen LogP contribution in [0.4, 0.5) is 4.79 Å². The molecule has 0 radical (unpaired) electrons. The molecule has 0 aliphatic carbocycles. The lowest BCUT2D eigenvalue weighted by molar-refractivity contribution is -0.140. The van der Waals surface area contributed by atoms with E-state index < -0.39 is 0 Å². The van der Waals surface area contributed by atoms with Gasteiger partial charge in [0.25, 0.3) is 0 Å². The zero-order chi connectivity index (χ0) is 15.7. The van der Waals surface area contributed by atoms with Gasteiger partial charge in [-0.25, -0.2) is 4.79 Å². The monoisotopic (exact) mass is 292 g/mol. The van der Waals surface area contributed by atoms with Crippen LogP contribution >= 0.6 is 0 Å². The van der Waals surface area contributed by atoms with Gasteiger partial charge in [-0.05, 0) is 30.9 Å². The molecule has 0 aliphatic heterocycles. The second-order valence-electron chi connectivity index (χ2n) is 5.05. The molecule has 0 atom stereocenters. The normalized spacial score (nSPS) is 10.0. The van der Waals surface area contributed by atoms with Crippen molar-refractivity contribution in [1.82, 2.24) is 10.2 Å². The maximum Gasteiger partial charge on any atom is 0.317 e. The van der Waals surface area contributed by atoms with Gasteiger partial charge < -0.3 is 15.0 Å². The molecule has 1 aromatic carbocycles. The van der Waals surface area contributed by atoms with Crippen molar-refractivity contribution in [3.8, 4) is 0 Å². The number of benzene rings is 1. The zero-order valence-electron chi connectivity index (χ0n) is 13.0. The van der Waals surface area contributed by atoms with Gasteiger partial charge in [-0.15, -0.1) is 0 Å². The summed E-state index contributed by atoms with van der Waals surface area (Å²) in [5.74, 6) is -0.210. The number of nitrogens with zero attached hydrogens (tertiary/aromatic N) is 1. The van der Waals surface area contributed by atoms with Gasteiger partial charge in [0.05, 0.1) is 7.11 Å². The molecule has 0 unspecified atom stereocenters. The van der Waals surface area contributed by atoms with Crippen molar-refractivity contribution < 1.29 is 14.3 Å². The molecule has 0 saturated heterocycles. The van der Waals surface area contributed by atoms with E-state index in [-0.39, 0.29) is 12.0 Å². The fourth-order valence-electron chi connectivity index (χ4n) is 1.94. The van der Waals surface area contributed by atoms with Crippen molar-refractivity contribution in [2.75, 3.05) is 20.7 Å². The Kier molecular flexibility index (Phi) is 7.29. The molecule has 5 heteroatoms. The summed E-state index contributed by atoms with van der Waals surface area (Å²) >= 11 is 0. The molecule has 0 aromatic heterocycles. The Morgan fingerprint density at radius 2 is 1.95 bits per heavy atom. The highest BCUT2D eigenvalue weighted by atomic mass is 16.5. The number of carbonyl (C=O) groups is 2. The number of urea groups is 1. The van der Waals surface area contributed by atoms with E-state index in [1.165, 1.54) is 12.7 Å². The number of ether oxygens (including phenoxy) is 1. The summed E-state index contributed by atoms with van der Waals surface area (Å²) in [7, 11) is 3.15. The molecule has 21 heavy (non-hydrogen) atoms. The van der Waals surface area contributed by atoms with Crippen molar-refractivity contribution >= 4 is 12.0 Å². The minimum Gasteiger partial charge on any atom is -0.469 e. The minimum atomic E-state index is -0.210. The largest absolute Gasteiger partial charge is 0.469 e. The number of methoxy groups -OCH3 is 1. The third-order valence-electron chi connectivity index (χ3n) is 3.33. The first-order chi connectivity index (χ1) is 10.0. The summed E-state index contributed by atoms with van der Waals surface area (Å²) in [5, 5.41) is 2.85. The molecule has 0 aliphatic rings. The Morgan fingerprint density at radius 3 is 2.62 bits per heavy atom. The molecule has 0 heterocycles. The highest BCUT2D eigenvalue weighted by Crippen LogP contribution is 2.09. The average Bonchev–Trinajstić information content (AvgIpc) is 2.48. The van der Waals surface area contributed by atoms with E-state index in [1.54, 1.807) is 11.9 Å². The van der Waals surface area contributed by atoms with E-state index >= 15 is 0 Å². The molecule has 0 bridgehead atoms. The number of hydrogen-bond donors (Lipinski definition) is 1. The van der Waals surface area contributed by atoms with Gasteiger partial charge in [-0.2, -0.15) is 0 Å². The first-order valence-electron chi connectivity index (χ1n) is 7.15. The van der Waals surface area contributed by atoms with Crippen LogP contribution in [0, 0.1) is 6.92 Å². The predicted molar refractivity (Wildman–Crippen MR) is 81.9 cm³/mol. The van der Waals surface area contributed by atoms with Gasteiger partial charge in [0.1, 0.15) is 0 Å². The quantitative estimate of drug-likeness (QED) is 0.620. The molecule has 2 amide bonds. The van der Waals surface area contributed by atoms with Crippen LogP contribution in [0.25, 0.3) is 0 Å². The molecule has 1 aromatic rings. The number of nitrogens with one attached hydrogen (secondary N) is 1. The lowest BCUT2D eigenvalue weighted by Gasteiger charge is -2.19. The molecule has 0 saturated carbocycles. The zero-order valence-corrected chi connectivity index (χ0v) is 13.0. The number of carbonyl (C=O) groups excluding carboxylic acids is 2. The highest BCUT2D eigenvalue weighted by molar-refractivity contribution is 5.73. The Morgan fingerprint density at radius 1 is 1.24 bits per heavy atom. The molecule has 5 nitrogen and oxygen atoms in total. The van der Waals surface area contributed by atoms with E-state index in [1.807, 2.05) is 31.2 Å². The van der Waals surface area contributed by atoms with Crippen molar-refractivity contribution in [2.24, 2.45) is 0 Å². The molecule has 1 N–H and O–H groups in total. The number of esters is 1. The Bertz CT molecular complexity index is 474. The van der Waals surface area contributed by atoms with Crippen LogP contribution in [0.2, 0.25) is 0 Å². The summed E-state index contributed by atoms with van der Waals surface area (Å²) in [6, 6.07) is 7.92. The third kappa shape index (κ3) is 6.29. The van der Waals surface area contributed by atoms with Crippen molar-refractivity contribution in [1.29, 1.82) is 0 Å². The molecule has 1 rings (SSSR count). The standard InChI is InChI=1S/C16H24N2O3/c1-13-8-4-5-9-14(13)12-18(2)16(20)17-11-7-6-10-15(19)21-3/h4-5,8-9H,6-7,10-12H2,1-3H3,(H,17,20). The summed E-state index contributed by atoms with van der Waals surface area (Å²) in [5.41, 5.74) is 2.32. The topological polar surface area (TPSA) is 58.6 Å². The van der Waals surface area contributed by atoms with Crippen LogP contribution < -0.4 is 5.32 Å². The van der Waals surface area contributed by atoms with Gasteiger partial charge in [0.2, 0.25) is 0 Å². The molecular formula is C16H24N2O3. The van der Waals surface area contributed by atoms with E-state index in [4.69, 9.17) is 0 Å². The predicted octanol–water partition coefficient (Wildman–Crippen LogP) is 2.48. The van der Waals surface area contributed by atoms with Gasteiger partial charge >= 0.3 is 12.0 Å². The maximum absolute atomic E-state index is 11.9. The van der Waals surface area contributed by atoms with Crippen molar-refractivity contribution in [3.05, 3.63) is 35.4 Å². The van der Waals surface area contributed by atoms with Crippen LogP contribution in [0.3, 0.4) is 0 Å². The Hall–Kier alpha value is -2.04. The van der Waals surface area contributed by atoms with E-state index in [2.05, 4.69) is 10.1 Å². The molecule has 0 fully saturated rings. The van der Waals surface area contributed by atoms with Crippen LogP contribution in [-0.2, 0) is 16.1 Å². The molecule has 0 spiro atoms. The fourth-order valence-corrected chi connectivity index (χ4v) is 1.94. The van der Waals surface area contributed by atoms with Crippen LogP contribution in [-0.4, -0.2) is 37.6 Å². The average molecular weight is 292 g/mol. The number of rotatable bonds is 7. The van der Waals surface area contributed by atoms with E-state index in [0.29, 0.717) is 25.9 Å². The molecule has 116 valence electrons. The smallest absolute Gasteiger partial charge is 0.317 e. The first-order valence-corrected chi connectivity index (χ1v) is 7.15. The minimum absolute atomic E-state index is 0.101. The second kappa shape index (κ2) is 9.00. The van der Waals surface area contributed by atoms with Crippen molar-refractivity contribution in [2.45, 2.75) is 32.7 Å². The van der Waals surface area contributed by atoms with Gasteiger partial charge in [0, 0.05) is 26.6 Å².